The molecule has 4 N–H and O–H groups in total. The van der Waals surface area contributed by atoms with Gasteiger partial charge in [0.1, 0.15) is 0 Å². The molecule has 84 valence electrons. The van der Waals surface area contributed by atoms with E-state index >= 15 is 0 Å². The van der Waals surface area contributed by atoms with E-state index in [1.807, 2.05) is 13.8 Å². The lowest BCUT2D eigenvalue weighted by Crippen LogP contribution is -2.49. The van der Waals surface area contributed by atoms with E-state index in [4.69, 9.17) is 11.5 Å². The van der Waals surface area contributed by atoms with Crippen molar-refractivity contribution in [3.8, 4) is 0 Å². The van der Waals surface area contributed by atoms with Crippen molar-refractivity contribution >= 4 is 0 Å². The van der Waals surface area contributed by atoms with Crippen LogP contribution in [0.15, 0.2) is 0 Å². The average Bonchev–Trinajstić information content (AvgIpc) is 2.23. The average molecular weight is 198 g/mol. The Morgan fingerprint density at radius 3 is 1.50 bits per heavy atom. The van der Waals surface area contributed by atoms with E-state index in [0.717, 1.165) is 11.8 Å². The van der Waals surface area contributed by atoms with E-state index in [-0.39, 0.29) is 12.1 Å². The second kappa shape index (κ2) is 5.72. The predicted octanol–water partition coefficient (Wildman–Crippen LogP) is 2.27. The lowest BCUT2D eigenvalue weighted by atomic mass is 9.68. The Morgan fingerprint density at radius 1 is 0.786 bits per heavy atom. The number of rotatable bonds is 0. The summed E-state index contributed by atoms with van der Waals surface area (Å²) in [6, 6.07) is 0.564. The summed E-state index contributed by atoms with van der Waals surface area (Å²) in [6.45, 7) is 4.00. The Labute approximate surface area is 88.4 Å². The summed E-state index contributed by atoms with van der Waals surface area (Å²) >= 11 is 0. The molecule has 2 nitrogen and oxygen atoms in total. The molecule has 2 aliphatic rings. The Hall–Kier alpha value is -0.0800. The largest absolute Gasteiger partial charge is 0.326 e. The van der Waals surface area contributed by atoms with Gasteiger partial charge in [-0.05, 0) is 24.7 Å². The Balaban J connectivity index is 0.000000461. The van der Waals surface area contributed by atoms with Crippen LogP contribution in [0.5, 0.6) is 0 Å². The number of hydrogen-bond acceptors (Lipinski definition) is 2. The molecule has 4 atom stereocenters. The van der Waals surface area contributed by atoms with E-state index in [0.29, 0.717) is 0 Å². The summed E-state index contributed by atoms with van der Waals surface area (Å²) in [4.78, 5) is 0. The molecular weight excluding hydrogens is 172 g/mol. The van der Waals surface area contributed by atoms with E-state index in [9.17, 15) is 0 Å². The summed E-state index contributed by atoms with van der Waals surface area (Å²) in [7, 11) is 0. The fraction of sp³-hybridized carbons (Fsp3) is 1.00. The molecule has 0 heterocycles. The molecule has 0 aromatic heterocycles. The number of fused-ring (bicyclic) bond motifs is 1. The molecule has 0 radical (unpaired) electrons. The van der Waals surface area contributed by atoms with Gasteiger partial charge in [-0.25, -0.2) is 0 Å². The van der Waals surface area contributed by atoms with Crippen LogP contribution in [0.2, 0.25) is 0 Å². The standard InChI is InChI=1S/C10H20N2.C2H6/c11-9-5-7-3-1-2-4-8(7)6-10(9)12;1-2/h7-10H,1-6,11-12H2;1-2H3. The van der Waals surface area contributed by atoms with Crippen LogP contribution in [0.25, 0.3) is 0 Å². The van der Waals surface area contributed by atoms with E-state index < -0.39 is 0 Å². The summed E-state index contributed by atoms with van der Waals surface area (Å²) in [6.07, 6.45) is 8.03. The maximum Gasteiger partial charge on any atom is 0.0195 e. The van der Waals surface area contributed by atoms with Gasteiger partial charge in [0, 0.05) is 12.1 Å². The maximum absolute atomic E-state index is 5.96. The number of nitrogens with two attached hydrogens (primary N) is 2. The second-order valence-corrected chi connectivity index (χ2v) is 4.60. The highest BCUT2D eigenvalue weighted by molar-refractivity contribution is 4.91. The van der Waals surface area contributed by atoms with Gasteiger partial charge in [-0.1, -0.05) is 39.5 Å². The fourth-order valence-corrected chi connectivity index (χ4v) is 2.95. The van der Waals surface area contributed by atoms with Crippen LogP contribution in [-0.4, -0.2) is 12.1 Å². The zero-order valence-corrected chi connectivity index (χ0v) is 9.71. The first kappa shape index (κ1) is 12.0. The van der Waals surface area contributed by atoms with Crippen LogP contribution >= 0.6 is 0 Å². The van der Waals surface area contributed by atoms with Crippen LogP contribution in [0.4, 0.5) is 0 Å². The first-order chi connectivity index (χ1) is 6.77. The van der Waals surface area contributed by atoms with Crippen LogP contribution < -0.4 is 11.5 Å². The van der Waals surface area contributed by atoms with Gasteiger partial charge in [-0.3, -0.25) is 0 Å². The molecule has 2 saturated carbocycles. The summed E-state index contributed by atoms with van der Waals surface area (Å²) in [5, 5.41) is 0. The molecule has 0 bridgehead atoms. The van der Waals surface area contributed by atoms with E-state index in [2.05, 4.69) is 0 Å². The zero-order chi connectivity index (χ0) is 10.6. The molecule has 2 aliphatic carbocycles. The monoisotopic (exact) mass is 198 g/mol. The van der Waals surface area contributed by atoms with Crippen molar-refractivity contribution in [2.45, 2.75) is 64.5 Å². The van der Waals surface area contributed by atoms with Crippen LogP contribution in [0.3, 0.4) is 0 Å². The third-order valence-electron chi connectivity index (χ3n) is 3.77. The quantitative estimate of drug-likeness (QED) is 0.627. The van der Waals surface area contributed by atoms with Gasteiger partial charge in [0.2, 0.25) is 0 Å². The molecule has 0 spiro atoms. The summed E-state index contributed by atoms with van der Waals surface area (Å²) in [5.74, 6) is 1.82. The first-order valence-corrected chi connectivity index (χ1v) is 6.28. The predicted molar refractivity (Wildman–Crippen MR) is 62.0 cm³/mol. The molecular formula is C12H26N2. The summed E-state index contributed by atoms with van der Waals surface area (Å²) in [5.41, 5.74) is 11.9. The number of hydrogen-bond donors (Lipinski definition) is 2. The van der Waals surface area contributed by atoms with Gasteiger partial charge in [0.15, 0.2) is 0 Å². The fourth-order valence-electron chi connectivity index (χ4n) is 2.95. The molecule has 0 saturated heterocycles. The minimum Gasteiger partial charge on any atom is -0.326 e. The lowest BCUT2D eigenvalue weighted by molar-refractivity contribution is 0.141. The molecule has 2 rings (SSSR count). The molecule has 2 heteroatoms. The van der Waals surface area contributed by atoms with Crippen molar-refractivity contribution in [2.24, 2.45) is 23.3 Å². The van der Waals surface area contributed by atoms with Crippen LogP contribution in [-0.2, 0) is 0 Å². The molecule has 4 unspecified atom stereocenters. The van der Waals surface area contributed by atoms with Gasteiger partial charge < -0.3 is 11.5 Å². The van der Waals surface area contributed by atoms with Crippen molar-refractivity contribution in [3.63, 3.8) is 0 Å². The van der Waals surface area contributed by atoms with Gasteiger partial charge in [-0.15, -0.1) is 0 Å². The van der Waals surface area contributed by atoms with Crippen molar-refractivity contribution in [2.75, 3.05) is 0 Å². The summed E-state index contributed by atoms with van der Waals surface area (Å²) < 4.78 is 0. The maximum atomic E-state index is 5.96. The minimum absolute atomic E-state index is 0.282. The molecule has 0 aliphatic heterocycles. The highest BCUT2D eigenvalue weighted by Crippen LogP contribution is 2.39. The highest BCUT2D eigenvalue weighted by atomic mass is 14.8. The molecule has 2 fully saturated rings. The normalized spacial score (nSPS) is 42.0. The first-order valence-electron chi connectivity index (χ1n) is 6.28. The van der Waals surface area contributed by atoms with Gasteiger partial charge in [0.25, 0.3) is 0 Å². The van der Waals surface area contributed by atoms with Gasteiger partial charge >= 0.3 is 0 Å². The van der Waals surface area contributed by atoms with Crippen LogP contribution in [0.1, 0.15) is 52.4 Å². The SMILES string of the molecule is CC.NC1CC2CCCCC2CC1N. The Kier molecular flexibility index (Phi) is 4.90. The van der Waals surface area contributed by atoms with Gasteiger partial charge in [-0.2, -0.15) is 0 Å². The Bertz CT molecular complexity index is 140. The van der Waals surface area contributed by atoms with Gasteiger partial charge in [0.05, 0.1) is 0 Å². The van der Waals surface area contributed by atoms with E-state index in [1.54, 1.807) is 0 Å². The van der Waals surface area contributed by atoms with E-state index in [1.165, 1.54) is 38.5 Å². The topological polar surface area (TPSA) is 52.0 Å². The molecule has 14 heavy (non-hydrogen) atoms. The lowest BCUT2D eigenvalue weighted by Gasteiger charge is -2.41. The zero-order valence-electron chi connectivity index (χ0n) is 9.71. The van der Waals surface area contributed by atoms with Crippen molar-refractivity contribution in [1.29, 1.82) is 0 Å². The Morgan fingerprint density at radius 2 is 1.14 bits per heavy atom. The van der Waals surface area contributed by atoms with Crippen molar-refractivity contribution < 1.29 is 0 Å². The minimum atomic E-state index is 0.282. The third-order valence-corrected chi connectivity index (χ3v) is 3.77. The highest BCUT2D eigenvalue weighted by Gasteiger charge is 2.34. The second-order valence-electron chi connectivity index (χ2n) is 4.60. The third kappa shape index (κ3) is 2.71. The van der Waals surface area contributed by atoms with Crippen molar-refractivity contribution in [1.82, 2.24) is 0 Å². The molecule has 0 aromatic carbocycles. The molecule has 0 amide bonds. The van der Waals surface area contributed by atoms with Crippen LogP contribution in [0, 0.1) is 11.8 Å². The molecule has 0 aromatic rings. The smallest absolute Gasteiger partial charge is 0.0195 e. The van der Waals surface area contributed by atoms with Crippen molar-refractivity contribution in [3.05, 3.63) is 0 Å².